The molecule has 0 amide bonds. The van der Waals surface area contributed by atoms with Crippen molar-refractivity contribution >= 4 is 17.5 Å². The molecule has 0 aliphatic heterocycles. The third-order valence-corrected chi connectivity index (χ3v) is 2.52. The van der Waals surface area contributed by atoms with Gasteiger partial charge in [-0.25, -0.2) is 15.2 Å². The zero-order valence-electron chi connectivity index (χ0n) is 10.2. The van der Waals surface area contributed by atoms with Crippen LogP contribution >= 0.6 is 0 Å². The number of aryl methyl sites for hydroxylation is 2. The molecule has 2 aromatic rings. The number of nitrogens with two attached hydrogens (primary N) is 1. The number of nitrogens with one attached hydrogen (secondary N) is 2. The molecule has 0 radical (unpaired) electrons. The van der Waals surface area contributed by atoms with Crippen LogP contribution in [0.4, 0.5) is 21.8 Å². The highest BCUT2D eigenvalue weighted by molar-refractivity contribution is 5.62. The molecule has 0 fully saturated rings. The fourth-order valence-corrected chi connectivity index (χ4v) is 1.52. The minimum Gasteiger partial charge on any atom is -0.337 e. The topological polar surface area (TPSA) is 75.9 Å². The second-order valence-corrected chi connectivity index (χ2v) is 3.98. The minimum absolute atomic E-state index is 0.0895. The molecule has 4 N–H and O–H groups in total. The monoisotopic (exact) mass is 247 g/mol. The van der Waals surface area contributed by atoms with Gasteiger partial charge in [0.25, 0.3) is 0 Å². The molecule has 1 aromatic heterocycles. The average Bonchev–Trinajstić information content (AvgIpc) is 2.36. The van der Waals surface area contributed by atoms with Crippen LogP contribution in [0.15, 0.2) is 24.4 Å². The summed E-state index contributed by atoms with van der Waals surface area (Å²) in [7, 11) is 0. The molecule has 0 aliphatic carbocycles. The van der Waals surface area contributed by atoms with E-state index in [0.29, 0.717) is 0 Å². The fraction of sp³-hybridized carbons (Fsp3) is 0.167. The molecule has 0 saturated heterocycles. The average molecular weight is 247 g/mol. The van der Waals surface area contributed by atoms with Gasteiger partial charge in [-0.3, -0.25) is 5.43 Å². The molecule has 0 bridgehead atoms. The molecule has 18 heavy (non-hydrogen) atoms. The van der Waals surface area contributed by atoms with Crippen LogP contribution in [0.3, 0.4) is 0 Å². The number of rotatable bonds is 3. The maximum absolute atomic E-state index is 13.6. The Morgan fingerprint density at radius 3 is 2.78 bits per heavy atom. The minimum atomic E-state index is -0.532. The van der Waals surface area contributed by atoms with Gasteiger partial charge in [0.15, 0.2) is 11.6 Å². The lowest BCUT2D eigenvalue weighted by Gasteiger charge is -2.11. The molecule has 0 atom stereocenters. The third kappa shape index (κ3) is 2.54. The number of halogens is 1. The highest BCUT2D eigenvalue weighted by Gasteiger charge is 2.08. The van der Waals surface area contributed by atoms with E-state index in [1.807, 2.05) is 32.0 Å². The van der Waals surface area contributed by atoms with Crippen molar-refractivity contribution in [1.29, 1.82) is 0 Å². The van der Waals surface area contributed by atoms with Crippen molar-refractivity contribution in [2.24, 2.45) is 5.84 Å². The summed E-state index contributed by atoms with van der Waals surface area (Å²) < 4.78 is 13.6. The van der Waals surface area contributed by atoms with Crippen LogP contribution in [0.25, 0.3) is 0 Å². The van der Waals surface area contributed by atoms with Crippen LogP contribution in [0, 0.1) is 19.7 Å². The van der Waals surface area contributed by atoms with E-state index < -0.39 is 5.82 Å². The first-order valence-corrected chi connectivity index (χ1v) is 5.43. The summed E-state index contributed by atoms with van der Waals surface area (Å²) in [5, 5.41) is 2.93. The molecular formula is C12H14FN5. The Morgan fingerprint density at radius 1 is 1.28 bits per heavy atom. The normalized spacial score (nSPS) is 10.2. The molecular weight excluding hydrogens is 233 g/mol. The predicted octanol–water partition coefficient (Wildman–Crippen LogP) is 2.26. The van der Waals surface area contributed by atoms with Crippen molar-refractivity contribution in [3.8, 4) is 0 Å². The lowest BCUT2D eigenvalue weighted by Crippen LogP contribution is -2.12. The third-order valence-electron chi connectivity index (χ3n) is 2.52. The van der Waals surface area contributed by atoms with Gasteiger partial charge in [-0.15, -0.1) is 0 Å². The molecule has 1 aromatic carbocycles. The maximum atomic E-state index is 13.6. The van der Waals surface area contributed by atoms with Crippen molar-refractivity contribution < 1.29 is 4.39 Å². The summed E-state index contributed by atoms with van der Waals surface area (Å²) in [6.45, 7) is 3.90. The Kier molecular flexibility index (Phi) is 3.38. The largest absolute Gasteiger partial charge is 0.337 e. The van der Waals surface area contributed by atoms with E-state index in [1.165, 1.54) is 0 Å². The molecule has 6 heteroatoms. The Bertz CT molecular complexity index is 570. The first-order valence-electron chi connectivity index (χ1n) is 5.43. The van der Waals surface area contributed by atoms with Crippen molar-refractivity contribution in [3.63, 3.8) is 0 Å². The lowest BCUT2D eigenvalue weighted by atomic mass is 10.1. The van der Waals surface area contributed by atoms with Crippen molar-refractivity contribution in [2.75, 3.05) is 10.7 Å². The molecule has 1 heterocycles. The number of hydrogen-bond acceptors (Lipinski definition) is 5. The van der Waals surface area contributed by atoms with Crippen molar-refractivity contribution in [2.45, 2.75) is 13.8 Å². The van der Waals surface area contributed by atoms with Crippen LogP contribution in [0.1, 0.15) is 11.1 Å². The van der Waals surface area contributed by atoms with E-state index in [4.69, 9.17) is 5.84 Å². The smallest absolute Gasteiger partial charge is 0.239 e. The number of anilines is 3. The van der Waals surface area contributed by atoms with Crippen LogP contribution in [-0.2, 0) is 0 Å². The summed E-state index contributed by atoms with van der Waals surface area (Å²) in [6.07, 6.45) is 1.07. The molecule has 5 nitrogen and oxygen atoms in total. The maximum Gasteiger partial charge on any atom is 0.239 e. The lowest BCUT2D eigenvalue weighted by molar-refractivity contribution is 0.619. The Balaban J connectivity index is 2.36. The molecule has 94 valence electrons. The Morgan fingerprint density at radius 2 is 2.06 bits per heavy atom. The second-order valence-electron chi connectivity index (χ2n) is 3.98. The standard InChI is InChI=1S/C12H14FN5/c1-7-3-4-8(2)10(5-7)16-11-9(13)6-15-12(17-11)18-14/h3-6H,14H2,1-2H3,(H2,15,16,17,18). The van der Waals surface area contributed by atoms with E-state index in [-0.39, 0.29) is 11.8 Å². The number of hydrazine groups is 1. The van der Waals surface area contributed by atoms with Crippen LogP contribution in [0.2, 0.25) is 0 Å². The Hall–Kier alpha value is -2.21. The van der Waals surface area contributed by atoms with Gasteiger partial charge in [0.2, 0.25) is 5.95 Å². The van der Waals surface area contributed by atoms with E-state index in [0.717, 1.165) is 23.0 Å². The molecule has 0 unspecified atom stereocenters. The van der Waals surface area contributed by atoms with E-state index in [9.17, 15) is 4.39 Å². The first kappa shape index (κ1) is 12.3. The SMILES string of the molecule is Cc1ccc(C)c(Nc2nc(NN)ncc2F)c1. The molecule has 2 rings (SSSR count). The summed E-state index contributed by atoms with van der Waals surface area (Å²) >= 11 is 0. The quantitative estimate of drug-likeness (QED) is 0.573. The summed E-state index contributed by atoms with van der Waals surface area (Å²) in [5.41, 5.74) is 5.16. The van der Waals surface area contributed by atoms with Gasteiger partial charge in [-0.1, -0.05) is 12.1 Å². The summed E-state index contributed by atoms with van der Waals surface area (Å²) in [4.78, 5) is 7.60. The van der Waals surface area contributed by atoms with Gasteiger partial charge < -0.3 is 5.32 Å². The Labute approximate surface area is 104 Å². The van der Waals surface area contributed by atoms with Gasteiger partial charge in [0.1, 0.15) is 0 Å². The number of hydrogen-bond donors (Lipinski definition) is 3. The zero-order valence-corrected chi connectivity index (χ0v) is 10.2. The van der Waals surface area contributed by atoms with Gasteiger partial charge >= 0.3 is 0 Å². The van der Waals surface area contributed by atoms with E-state index >= 15 is 0 Å². The van der Waals surface area contributed by atoms with Crippen LogP contribution in [0.5, 0.6) is 0 Å². The highest BCUT2D eigenvalue weighted by Crippen LogP contribution is 2.22. The zero-order chi connectivity index (χ0) is 13.1. The van der Waals surface area contributed by atoms with Gasteiger partial charge in [-0.05, 0) is 31.0 Å². The summed E-state index contributed by atoms with van der Waals surface area (Å²) in [5.74, 6) is 4.90. The van der Waals surface area contributed by atoms with Crippen LogP contribution < -0.4 is 16.6 Å². The van der Waals surface area contributed by atoms with Crippen molar-refractivity contribution in [1.82, 2.24) is 9.97 Å². The number of nitrogen functional groups attached to an aromatic ring is 1. The number of nitrogens with zero attached hydrogens (tertiary/aromatic N) is 2. The van der Waals surface area contributed by atoms with E-state index in [2.05, 4.69) is 20.7 Å². The first-order chi connectivity index (χ1) is 8.60. The van der Waals surface area contributed by atoms with Crippen molar-refractivity contribution in [3.05, 3.63) is 41.3 Å². The fourth-order valence-electron chi connectivity index (χ4n) is 1.52. The highest BCUT2D eigenvalue weighted by atomic mass is 19.1. The number of benzene rings is 1. The predicted molar refractivity (Wildman–Crippen MR) is 69.0 cm³/mol. The van der Waals surface area contributed by atoms with Gasteiger partial charge in [0.05, 0.1) is 6.20 Å². The van der Waals surface area contributed by atoms with Crippen LogP contribution in [-0.4, -0.2) is 9.97 Å². The molecule has 0 aliphatic rings. The molecule has 0 saturated carbocycles. The molecule has 0 spiro atoms. The van der Waals surface area contributed by atoms with Gasteiger partial charge in [0, 0.05) is 5.69 Å². The summed E-state index contributed by atoms with van der Waals surface area (Å²) in [6, 6.07) is 5.87. The number of aromatic nitrogens is 2. The van der Waals surface area contributed by atoms with Gasteiger partial charge in [-0.2, -0.15) is 4.98 Å². The van der Waals surface area contributed by atoms with E-state index in [1.54, 1.807) is 0 Å². The second kappa shape index (κ2) is 4.97.